The molecule has 5 heteroatoms. The van der Waals surface area contributed by atoms with Crippen molar-refractivity contribution in [2.45, 2.75) is 31.4 Å². The minimum atomic E-state index is 0.342. The number of rotatable bonds is 0. The van der Waals surface area contributed by atoms with Crippen LogP contribution in [0.2, 0.25) is 0 Å². The maximum Gasteiger partial charge on any atom is 0.213 e. The molecule has 74 valence electrons. The molecule has 2 fully saturated rings. The molecule has 5 nitrogen and oxygen atoms in total. The van der Waals surface area contributed by atoms with Gasteiger partial charge in [-0.15, -0.1) is 5.10 Å². The Morgan fingerprint density at radius 3 is 3.08 bits per heavy atom. The van der Waals surface area contributed by atoms with Gasteiger partial charge in [0.05, 0.1) is 18.8 Å². The Labute approximate surface area is 77.7 Å². The van der Waals surface area contributed by atoms with Gasteiger partial charge in [0, 0.05) is 6.54 Å². The fourth-order valence-electron chi connectivity index (χ4n) is 2.28. The van der Waals surface area contributed by atoms with Crippen LogP contribution in [0.4, 0.5) is 0 Å². The quantitative estimate of drug-likeness (QED) is 0.229. The van der Waals surface area contributed by atoms with Gasteiger partial charge in [0.15, 0.2) is 0 Å². The fourth-order valence-corrected chi connectivity index (χ4v) is 2.28. The SMILES string of the molecule is NN=C(N)N1CCOC2CCCC21. The second-order valence-electron chi connectivity index (χ2n) is 3.59. The van der Waals surface area contributed by atoms with E-state index in [1.807, 2.05) is 0 Å². The van der Waals surface area contributed by atoms with E-state index >= 15 is 0 Å². The summed E-state index contributed by atoms with van der Waals surface area (Å²) in [5.41, 5.74) is 5.70. The Hall–Kier alpha value is -0.970. The van der Waals surface area contributed by atoms with Crippen LogP contribution in [-0.4, -0.2) is 36.2 Å². The zero-order valence-electron chi connectivity index (χ0n) is 7.65. The molecule has 1 aliphatic carbocycles. The molecule has 0 amide bonds. The van der Waals surface area contributed by atoms with Gasteiger partial charge in [-0.05, 0) is 19.3 Å². The van der Waals surface area contributed by atoms with Crippen LogP contribution in [0.3, 0.4) is 0 Å². The Morgan fingerprint density at radius 1 is 1.46 bits per heavy atom. The van der Waals surface area contributed by atoms with Gasteiger partial charge in [-0.25, -0.2) is 0 Å². The van der Waals surface area contributed by atoms with E-state index in [1.54, 1.807) is 0 Å². The van der Waals surface area contributed by atoms with Crippen LogP contribution < -0.4 is 11.6 Å². The van der Waals surface area contributed by atoms with Crippen molar-refractivity contribution >= 4 is 5.96 Å². The monoisotopic (exact) mass is 184 g/mol. The highest BCUT2D eigenvalue weighted by Crippen LogP contribution is 2.29. The maximum absolute atomic E-state index is 5.70. The molecule has 2 unspecified atom stereocenters. The second-order valence-corrected chi connectivity index (χ2v) is 3.59. The Kier molecular flexibility index (Phi) is 2.26. The van der Waals surface area contributed by atoms with Crippen molar-refractivity contribution in [3.8, 4) is 0 Å². The smallest absolute Gasteiger partial charge is 0.213 e. The van der Waals surface area contributed by atoms with Crippen LogP contribution >= 0.6 is 0 Å². The zero-order chi connectivity index (χ0) is 9.26. The average molecular weight is 184 g/mol. The highest BCUT2D eigenvalue weighted by atomic mass is 16.5. The van der Waals surface area contributed by atoms with Crippen molar-refractivity contribution in [3.05, 3.63) is 0 Å². The highest BCUT2D eigenvalue weighted by molar-refractivity contribution is 5.78. The van der Waals surface area contributed by atoms with E-state index in [4.69, 9.17) is 16.3 Å². The summed E-state index contributed by atoms with van der Waals surface area (Å²) >= 11 is 0. The second kappa shape index (κ2) is 3.41. The van der Waals surface area contributed by atoms with Gasteiger partial charge >= 0.3 is 0 Å². The molecular formula is C8H16N4O. The van der Waals surface area contributed by atoms with E-state index in [2.05, 4.69) is 10.0 Å². The van der Waals surface area contributed by atoms with Crippen molar-refractivity contribution in [2.24, 2.45) is 16.7 Å². The molecule has 0 aromatic carbocycles. The third kappa shape index (κ3) is 1.44. The molecule has 0 aromatic heterocycles. The van der Waals surface area contributed by atoms with Crippen LogP contribution in [-0.2, 0) is 4.74 Å². The Balaban J connectivity index is 2.09. The van der Waals surface area contributed by atoms with Gasteiger partial charge in [-0.2, -0.15) is 0 Å². The number of hydrogen-bond donors (Lipinski definition) is 2. The van der Waals surface area contributed by atoms with Crippen LogP contribution in [0.15, 0.2) is 5.10 Å². The fraction of sp³-hybridized carbons (Fsp3) is 0.875. The molecule has 2 rings (SSSR count). The van der Waals surface area contributed by atoms with Crippen molar-refractivity contribution in [2.75, 3.05) is 13.2 Å². The zero-order valence-corrected chi connectivity index (χ0v) is 7.65. The summed E-state index contributed by atoms with van der Waals surface area (Å²) in [6.07, 6.45) is 3.83. The predicted octanol–water partition coefficient (Wildman–Crippen LogP) is -0.572. The van der Waals surface area contributed by atoms with E-state index in [9.17, 15) is 0 Å². The lowest BCUT2D eigenvalue weighted by Gasteiger charge is -2.37. The third-order valence-corrected chi connectivity index (χ3v) is 2.91. The van der Waals surface area contributed by atoms with Gasteiger partial charge in [-0.1, -0.05) is 0 Å². The third-order valence-electron chi connectivity index (χ3n) is 2.91. The minimum Gasteiger partial charge on any atom is -0.374 e. The molecule has 4 N–H and O–H groups in total. The number of nitrogens with zero attached hydrogens (tertiary/aromatic N) is 2. The van der Waals surface area contributed by atoms with Crippen molar-refractivity contribution in [1.29, 1.82) is 0 Å². The molecule has 1 aliphatic heterocycles. The molecule has 0 aromatic rings. The van der Waals surface area contributed by atoms with E-state index in [1.165, 1.54) is 6.42 Å². The number of hydrazone groups is 1. The van der Waals surface area contributed by atoms with Gasteiger partial charge in [0.1, 0.15) is 0 Å². The van der Waals surface area contributed by atoms with Gasteiger partial charge < -0.3 is 21.2 Å². The largest absolute Gasteiger partial charge is 0.374 e. The molecule has 0 radical (unpaired) electrons. The maximum atomic E-state index is 5.70. The van der Waals surface area contributed by atoms with Crippen molar-refractivity contribution in [1.82, 2.24) is 4.90 Å². The molecule has 1 saturated carbocycles. The van der Waals surface area contributed by atoms with E-state index in [0.29, 0.717) is 18.1 Å². The van der Waals surface area contributed by atoms with E-state index < -0.39 is 0 Å². The van der Waals surface area contributed by atoms with E-state index in [-0.39, 0.29) is 0 Å². The van der Waals surface area contributed by atoms with Gasteiger partial charge in [-0.3, -0.25) is 0 Å². The van der Waals surface area contributed by atoms with Crippen molar-refractivity contribution in [3.63, 3.8) is 0 Å². The highest BCUT2D eigenvalue weighted by Gasteiger charge is 2.36. The topological polar surface area (TPSA) is 76.9 Å². The summed E-state index contributed by atoms with van der Waals surface area (Å²) in [4.78, 5) is 2.07. The first-order chi connectivity index (χ1) is 6.33. The molecule has 2 aliphatic rings. The van der Waals surface area contributed by atoms with Crippen LogP contribution in [0.25, 0.3) is 0 Å². The summed E-state index contributed by atoms with van der Waals surface area (Å²) in [6, 6.07) is 0.404. The number of hydrogen-bond acceptors (Lipinski definition) is 3. The molecule has 0 bridgehead atoms. The minimum absolute atomic E-state index is 0.342. The Morgan fingerprint density at radius 2 is 2.31 bits per heavy atom. The number of ether oxygens (including phenoxy) is 1. The van der Waals surface area contributed by atoms with Crippen LogP contribution in [0.1, 0.15) is 19.3 Å². The average Bonchev–Trinajstić information content (AvgIpc) is 2.63. The number of morpholine rings is 1. The summed E-state index contributed by atoms with van der Waals surface area (Å²) in [5.74, 6) is 5.61. The standard InChI is InChI=1S/C8H16N4O/c9-8(11-10)12-4-5-13-7-3-1-2-6(7)12/h6-7H,1-5,10H2,(H2,9,11). The molecule has 1 saturated heterocycles. The predicted molar refractivity (Wildman–Crippen MR) is 49.9 cm³/mol. The van der Waals surface area contributed by atoms with Gasteiger partial charge in [0.25, 0.3) is 0 Å². The lowest BCUT2D eigenvalue weighted by Crippen LogP contribution is -2.54. The number of nitrogens with two attached hydrogens (primary N) is 2. The van der Waals surface area contributed by atoms with Crippen molar-refractivity contribution < 1.29 is 4.74 Å². The number of fused-ring (bicyclic) bond motifs is 1. The van der Waals surface area contributed by atoms with E-state index in [0.717, 1.165) is 26.0 Å². The normalized spacial score (nSPS) is 34.8. The first-order valence-corrected chi connectivity index (χ1v) is 4.74. The van der Waals surface area contributed by atoms with Crippen LogP contribution in [0.5, 0.6) is 0 Å². The molecule has 2 atom stereocenters. The lowest BCUT2D eigenvalue weighted by atomic mass is 10.1. The Bertz CT molecular complexity index is 218. The lowest BCUT2D eigenvalue weighted by molar-refractivity contribution is -0.0298. The van der Waals surface area contributed by atoms with Crippen LogP contribution in [0, 0.1) is 0 Å². The van der Waals surface area contributed by atoms with Gasteiger partial charge in [0.2, 0.25) is 5.96 Å². The molecule has 0 spiro atoms. The summed E-state index contributed by atoms with van der Waals surface area (Å²) in [7, 11) is 0. The first-order valence-electron chi connectivity index (χ1n) is 4.74. The summed E-state index contributed by atoms with van der Waals surface area (Å²) < 4.78 is 5.63. The molecule has 1 heterocycles. The molecule has 13 heavy (non-hydrogen) atoms. The molecular weight excluding hydrogens is 168 g/mol. The first kappa shape index (κ1) is 8.62. The summed E-state index contributed by atoms with van der Waals surface area (Å²) in [6.45, 7) is 1.55. The summed E-state index contributed by atoms with van der Waals surface area (Å²) in [5, 5.41) is 3.54. The number of guanidine groups is 1.